The van der Waals surface area contributed by atoms with Crippen molar-refractivity contribution in [2.45, 2.75) is 53.9 Å². The topological polar surface area (TPSA) is 104 Å². The van der Waals surface area contributed by atoms with Crippen LogP contribution in [-0.4, -0.2) is 53.5 Å². The maximum absolute atomic E-state index is 13.4. The molecule has 0 saturated heterocycles. The summed E-state index contributed by atoms with van der Waals surface area (Å²) in [6.45, 7) is 10.5. The highest BCUT2D eigenvalue weighted by Gasteiger charge is 2.45. The fourth-order valence-electron chi connectivity index (χ4n) is 5.83. The van der Waals surface area contributed by atoms with Gasteiger partial charge in [0.05, 0.1) is 22.5 Å². The first-order valence-corrected chi connectivity index (χ1v) is 14.7. The van der Waals surface area contributed by atoms with Crippen LogP contribution in [0.3, 0.4) is 0 Å². The highest BCUT2D eigenvalue weighted by Crippen LogP contribution is 2.39. The van der Waals surface area contributed by atoms with E-state index in [2.05, 4.69) is 21.3 Å². The van der Waals surface area contributed by atoms with Gasteiger partial charge in [-0.05, 0) is 76.2 Å². The van der Waals surface area contributed by atoms with Crippen LogP contribution < -0.4 is 20.7 Å². The summed E-state index contributed by atoms with van der Waals surface area (Å²) < 4.78 is 7.36. The number of pyridine rings is 2. The van der Waals surface area contributed by atoms with Crippen LogP contribution in [0.2, 0.25) is 0 Å². The van der Waals surface area contributed by atoms with Crippen LogP contribution in [0.5, 0.6) is 0 Å². The van der Waals surface area contributed by atoms with Gasteiger partial charge in [0.1, 0.15) is 16.8 Å². The third-order valence-electron chi connectivity index (χ3n) is 8.19. The molecule has 10 nitrogen and oxygen atoms in total. The van der Waals surface area contributed by atoms with Crippen LogP contribution in [-0.2, 0) is 35.8 Å². The zero-order chi connectivity index (χ0) is 30.9. The molecule has 5 rings (SSSR count). The lowest BCUT2D eigenvalue weighted by Gasteiger charge is -2.27. The minimum atomic E-state index is -1.16. The van der Waals surface area contributed by atoms with Gasteiger partial charge in [0.2, 0.25) is 11.8 Å². The third kappa shape index (κ3) is 5.85. The Bertz CT molecular complexity index is 1720. The number of nitrogens with zero attached hydrogens (tertiary/aromatic N) is 5. The molecule has 4 aromatic rings. The molecular weight excluding hydrogens is 544 g/mol. The maximum Gasteiger partial charge on any atom is 0.261 e. The maximum atomic E-state index is 13.4. The first-order chi connectivity index (χ1) is 20.5. The number of anilines is 2. The van der Waals surface area contributed by atoms with Gasteiger partial charge in [-0.3, -0.25) is 24.3 Å². The summed E-state index contributed by atoms with van der Waals surface area (Å²) in [5, 5.41) is 3.77. The van der Waals surface area contributed by atoms with Crippen molar-refractivity contribution >= 4 is 34.2 Å². The highest BCUT2D eigenvalue weighted by molar-refractivity contribution is 6.19. The van der Waals surface area contributed by atoms with Gasteiger partial charge >= 0.3 is 0 Å². The van der Waals surface area contributed by atoms with Crippen molar-refractivity contribution in [3.8, 4) is 0 Å². The van der Waals surface area contributed by atoms with E-state index in [1.165, 1.54) is 0 Å². The third-order valence-corrected chi connectivity index (χ3v) is 8.19. The molecule has 4 heterocycles. The SMILES string of the molecule is CCN1C(=O)C(C)(C)C(=O)N(C)c2cc(CN(CCn3ccc4oc(C)cc4c3=O)Cc3cccnc3CNC)ccc21. The van der Waals surface area contributed by atoms with Gasteiger partial charge < -0.3 is 24.1 Å². The second-order valence-electron chi connectivity index (χ2n) is 11.7. The van der Waals surface area contributed by atoms with Gasteiger partial charge in [-0.1, -0.05) is 12.1 Å². The first kappa shape index (κ1) is 30.2. The van der Waals surface area contributed by atoms with Crippen molar-refractivity contribution in [3.05, 3.63) is 87.8 Å². The Morgan fingerprint density at radius 2 is 1.81 bits per heavy atom. The summed E-state index contributed by atoms with van der Waals surface area (Å²) in [6.07, 6.45) is 3.58. The predicted octanol–water partition coefficient (Wildman–Crippen LogP) is 4.08. The van der Waals surface area contributed by atoms with E-state index >= 15 is 0 Å². The van der Waals surface area contributed by atoms with E-state index in [1.54, 1.807) is 53.7 Å². The van der Waals surface area contributed by atoms with E-state index in [9.17, 15) is 14.4 Å². The van der Waals surface area contributed by atoms with Crippen LogP contribution in [0.15, 0.2) is 64.1 Å². The molecule has 0 aliphatic carbocycles. The molecule has 3 aromatic heterocycles. The van der Waals surface area contributed by atoms with E-state index in [0.717, 1.165) is 22.5 Å². The van der Waals surface area contributed by atoms with Gasteiger partial charge in [0.25, 0.3) is 5.56 Å². The number of carbonyl (C=O) groups excluding carboxylic acids is 2. The standard InChI is InChI=1S/C33H40N6O4/c1-7-39-27-11-10-23(18-28(27)36(6)31(41)33(3,4)32(39)42)20-37(21-24-9-8-13-35-26(24)19-34-5)15-16-38-14-12-29-25(30(38)40)17-22(2)43-29/h8-14,17-18,34H,7,15-16,19-21H2,1-6H3. The number of benzene rings is 1. The van der Waals surface area contributed by atoms with E-state index < -0.39 is 5.41 Å². The molecule has 0 unspecified atom stereocenters. The number of nitrogens with one attached hydrogen (secondary N) is 1. The van der Waals surface area contributed by atoms with Gasteiger partial charge in [0.15, 0.2) is 0 Å². The molecule has 1 aliphatic rings. The Morgan fingerprint density at radius 3 is 2.56 bits per heavy atom. The van der Waals surface area contributed by atoms with E-state index in [0.29, 0.717) is 61.7 Å². The summed E-state index contributed by atoms with van der Waals surface area (Å²) in [6, 6.07) is 13.6. The molecule has 0 saturated carbocycles. The molecule has 1 aromatic carbocycles. The molecule has 2 amide bonds. The molecule has 0 atom stereocenters. The minimum Gasteiger partial charge on any atom is -0.461 e. The van der Waals surface area contributed by atoms with Crippen molar-refractivity contribution in [2.24, 2.45) is 5.41 Å². The zero-order valence-electron chi connectivity index (χ0n) is 25.8. The van der Waals surface area contributed by atoms with Gasteiger partial charge in [-0.25, -0.2) is 0 Å². The quantitative estimate of drug-likeness (QED) is 0.280. The Kier molecular flexibility index (Phi) is 8.52. The fraction of sp³-hybridized carbons (Fsp3) is 0.394. The predicted molar refractivity (Wildman–Crippen MR) is 168 cm³/mol. The van der Waals surface area contributed by atoms with Gasteiger partial charge in [-0.2, -0.15) is 0 Å². The highest BCUT2D eigenvalue weighted by atomic mass is 16.3. The number of hydrogen-bond donors (Lipinski definition) is 1. The number of furan rings is 1. The lowest BCUT2D eigenvalue weighted by atomic mass is 9.90. The number of hydrogen-bond acceptors (Lipinski definition) is 7. The number of amides is 2. The van der Waals surface area contributed by atoms with Crippen molar-refractivity contribution in [1.29, 1.82) is 0 Å². The Labute approximate surface area is 251 Å². The second-order valence-corrected chi connectivity index (χ2v) is 11.7. The average molecular weight is 585 g/mol. The molecule has 0 bridgehead atoms. The molecule has 0 fully saturated rings. The summed E-state index contributed by atoms with van der Waals surface area (Å²) in [4.78, 5) is 50.1. The van der Waals surface area contributed by atoms with Crippen molar-refractivity contribution < 1.29 is 14.0 Å². The summed E-state index contributed by atoms with van der Waals surface area (Å²) in [5.41, 5.74) is 3.83. The fourth-order valence-corrected chi connectivity index (χ4v) is 5.83. The number of aromatic nitrogens is 2. The Morgan fingerprint density at radius 1 is 1.02 bits per heavy atom. The Hall–Kier alpha value is -4.28. The lowest BCUT2D eigenvalue weighted by molar-refractivity contribution is -0.137. The van der Waals surface area contributed by atoms with Crippen LogP contribution in [0.1, 0.15) is 43.4 Å². The smallest absolute Gasteiger partial charge is 0.261 e. The summed E-state index contributed by atoms with van der Waals surface area (Å²) in [5.74, 6) is 0.266. The second kappa shape index (κ2) is 12.1. The lowest BCUT2D eigenvalue weighted by Crippen LogP contribution is -2.47. The van der Waals surface area contributed by atoms with Crippen molar-refractivity contribution in [2.75, 3.05) is 37.0 Å². The van der Waals surface area contributed by atoms with Gasteiger partial charge in [-0.15, -0.1) is 0 Å². The molecule has 43 heavy (non-hydrogen) atoms. The Balaban J connectivity index is 1.48. The summed E-state index contributed by atoms with van der Waals surface area (Å²) >= 11 is 0. The van der Waals surface area contributed by atoms with E-state index in [1.807, 2.05) is 51.2 Å². The largest absolute Gasteiger partial charge is 0.461 e. The van der Waals surface area contributed by atoms with Crippen molar-refractivity contribution in [3.63, 3.8) is 0 Å². The molecule has 0 radical (unpaired) electrons. The minimum absolute atomic E-state index is 0.0799. The van der Waals surface area contributed by atoms with Crippen molar-refractivity contribution in [1.82, 2.24) is 19.8 Å². The zero-order valence-corrected chi connectivity index (χ0v) is 25.8. The van der Waals surface area contributed by atoms with Crippen LogP contribution >= 0.6 is 0 Å². The van der Waals surface area contributed by atoms with Crippen LogP contribution in [0.25, 0.3) is 11.0 Å². The average Bonchev–Trinajstić information content (AvgIpc) is 3.37. The number of carbonyl (C=O) groups is 2. The van der Waals surface area contributed by atoms with E-state index in [-0.39, 0.29) is 17.4 Å². The molecule has 226 valence electrons. The molecule has 0 spiro atoms. The number of aryl methyl sites for hydroxylation is 1. The van der Waals surface area contributed by atoms with Gasteiger partial charge in [0, 0.05) is 58.7 Å². The number of rotatable bonds is 10. The molecule has 10 heteroatoms. The monoisotopic (exact) mass is 584 g/mol. The molecule has 1 N–H and O–H groups in total. The normalized spacial score (nSPS) is 15.0. The molecular formula is C33H40N6O4. The van der Waals surface area contributed by atoms with E-state index in [4.69, 9.17) is 4.42 Å². The summed E-state index contributed by atoms with van der Waals surface area (Å²) in [7, 11) is 3.63. The first-order valence-electron chi connectivity index (χ1n) is 14.7. The van der Waals surface area contributed by atoms with Crippen LogP contribution in [0.4, 0.5) is 11.4 Å². The van der Waals surface area contributed by atoms with Crippen LogP contribution in [0, 0.1) is 12.3 Å². The number of fused-ring (bicyclic) bond motifs is 2. The molecule has 1 aliphatic heterocycles.